The van der Waals surface area contributed by atoms with Gasteiger partial charge in [-0.1, -0.05) is 30.3 Å². The van der Waals surface area contributed by atoms with Crippen molar-refractivity contribution in [1.29, 1.82) is 0 Å². The number of benzene rings is 2. The minimum Gasteiger partial charge on any atom is -0.393 e. The maximum absolute atomic E-state index is 11.4. The van der Waals surface area contributed by atoms with E-state index in [0.29, 0.717) is 12.3 Å². The molecule has 0 saturated heterocycles. The van der Waals surface area contributed by atoms with Gasteiger partial charge in [-0.3, -0.25) is 4.79 Å². The predicted octanol–water partition coefficient (Wildman–Crippen LogP) is 3.09. The molecule has 21 heavy (non-hydrogen) atoms. The van der Waals surface area contributed by atoms with Gasteiger partial charge in [0.25, 0.3) is 0 Å². The van der Waals surface area contributed by atoms with E-state index in [4.69, 9.17) is 0 Å². The van der Waals surface area contributed by atoms with Crippen LogP contribution < -0.4 is 5.32 Å². The largest absolute Gasteiger partial charge is 0.393 e. The predicted molar refractivity (Wildman–Crippen MR) is 82.2 cm³/mol. The van der Waals surface area contributed by atoms with E-state index >= 15 is 0 Å². The Morgan fingerprint density at radius 2 is 1.71 bits per heavy atom. The molecule has 2 aromatic carbocycles. The molecule has 2 aromatic rings. The highest BCUT2D eigenvalue weighted by atomic mass is 16.3. The molecule has 0 bridgehead atoms. The average Bonchev–Trinajstić information content (AvgIpc) is 2.83. The summed E-state index contributed by atoms with van der Waals surface area (Å²) in [6, 6.07) is 14.7. The molecule has 2 N–H and O–H groups in total. The van der Waals surface area contributed by atoms with Gasteiger partial charge in [0, 0.05) is 5.69 Å². The van der Waals surface area contributed by atoms with E-state index in [-0.39, 0.29) is 12.0 Å². The number of fused-ring (bicyclic) bond motifs is 1. The van der Waals surface area contributed by atoms with Crippen molar-refractivity contribution < 1.29 is 9.90 Å². The number of aliphatic hydroxyl groups excluding tert-OH is 1. The molecule has 0 unspecified atom stereocenters. The maximum Gasteiger partial charge on any atom is 0.228 e. The number of aliphatic hydroxyl groups is 1. The SMILES string of the molecule is O=C1Cc2cc(-c3ccc(C4CC(O)C4)cc3)ccc2N1. The van der Waals surface area contributed by atoms with Crippen LogP contribution in [0.15, 0.2) is 42.5 Å². The summed E-state index contributed by atoms with van der Waals surface area (Å²) < 4.78 is 0. The van der Waals surface area contributed by atoms with Crippen LogP contribution in [0.5, 0.6) is 0 Å². The van der Waals surface area contributed by atoms with Gasteiger partial charge in [-0.25, -0.2) is 0 Å². The molecule has 3 nitrogen and oxygen atoms in total. The molecule has 2 aliphatic rings. The summed E-state index contributed by atoms with van der Waals surface area (Å²) in [5.74, 6) is 0.580. The van der Waals surface area contributed by atoms with Gasteiger partial charge >= 0.3 is 0 Å². The first kappa shape index (κ1) is 12.6. The Kier molecular flexibility index (Phi) is 2.82. The molecular formula is C18H17NO2. The van der Waals surface area contributed by atoms with E-state index in [1.807, 2.05) is 12.1 Å². The first-order valence-electron chi connectivity index (χ1n) is 7.40. The van der Waals surface area contributed by atoms with E-state index in [0.717, 1.165) is 29.7 Å². The zero-order chi connectivity index (χ0) is 14.4. The Bertz CT molecular complexity index is 700. The molecule has 0 spiro atoms. The van der Waals surface area contributed by atoms with Gasteiger partial charge in [0.1, 0.15) is 0 Å². The van der Waals surface area contributed by atoms with Crippen molar-refractivity contribution in [2.75, 3.05) is 5.32 Å². The van der Waals surface area contributed by atoms with Gasteiger partial charge in [-0.15, -0.1) is 0 Å². The van der Waals surface area contributed by atoms with Crippen LogP contribution in [0.25, 0.3) is 11.1 Å². The lowest BCUT2D eigenvalue weighted by Crippen LogP contribution is -2.26. The standard InChI is InChI=1S/C18H17NO2/c20-16-8-14(9-16)12-3-1-11(2-4-12)13-5-6-17-15(7-13)10-18(21)19-17/h1-7,14,16,20H,8-10H2,(H,19,21). The average molecular weight is 279 g/mol. The van der Waals surface area contributed by atoms with Crippen LogP contribution in [-0.2, 0) is 11.2 Å². The number of carbonyl (C=O) groups is 1. The smallest absolute Gasteiger partial charge is 0.228 e. The summed E-state index contributed by atoms with van der Waals surface area (Å²) in [4.78, 5) is 11.4. The topological polar surface area (TPSA) is 49.3 Å². The number of nitrogens with one attached hydrogen (secondary N) is 1. The molecule has 0 atom stereocenters. The van der Waals surface area contributed by atoms with E-state index in [1.54, 1.807) is 0 Å². The second kappa shape index (κ2) is 4.71. The van der Waals surface area contributed by atoms with Crippen molar-refractivity contribution in [2.24, 2.45) is 0 Å². The highest BCUT2D eigenvalue weighted by Crippen LogP contribution is 2.37. The Hall–Kier alpha value is -2.13. The summed E-state index contributed by atoms with van der Waals surface area (Å²) in [6.07, 6.45) is 2.12. The number of amides is 1. The first-order valence-corrected chi connectivity index (χ1v) is 7.40. The summed E-state index contributed by atoms with van der Waals surface area (Å²) >= 11 is 0. The monoisotopic (exact) mass is 279 g/mol. The molecule has 1 aliphatic carbocycles. The van der Waals surface area contributed by atoms with Crippen LogP contribution in [0.3, 0.4) is 0 Å². The highest BCUT2D eigenvalue weighted by molar-refractivity contribution is 5.99. The fraction of sp³-hybridized carbons (Fsp3) is 0.278. The van der Waals surface area contributed by atoms with Gasteiger partial charge in [0.2, 0.25) is 5.91 Å². The minimum absolute atomic E-state index is 0.0704. The van der Waals surface area contributed by atoms with Gasteiger partial charge in [-0.05, 0) is 53.1 Å². The lowest BCUT2D eigenvalue weighted by molar-refractivity contribution is -0.115. The fourth-order valence-electron chi connectivity index (χ4n) is 3.22. The lowest BCUT2D eigenvalue weighted by atomic mass is 9.77. The molecule has 4 rings (SSSR count). The molecular weight excluding hydrogens is 262 g/mol. The van der Waals surface area contributed by atoms with Crippen LogP contribution in [0, 0.1) is 0 Å². The fourth-order valence-corrected chi connectivity index (χ4v) is 3.22. The van der Waals surface area contributed by atoms with Crippen LogP contribution in [0.4, 0.5) is 5.69 Å². The molecule has 1 saturated carbocycles. The minimum atomic E-state index is -0.114. The number of hydrogen-bond donors (Lipinski definition) is 2. The number of anilines is 1. The molecule has 3 heteroatoms. The van der Waals surface area contributed by atoms with Crippen LogP contribution in [0.1, 0.15) is 29.9 Å². The van der Waals surface area contributed by atoms with Crippen LogP contribution >= 0.6 is 0 Å². The zero-order valence-corrected chi connectivity index (χ0v) is 11.7. The van der Waals surface area contributed by atoms with E-state index in [9.17, 15) is 9.90 Å². The van der Waals surface area contributed by atoms with Crippen molar-refractivity contribution in [3.05, 3.63) is 53.6 Å². The number of hydrogen-bond acceptors (Lipinski definition) is 2. The second-order valence-corrected chi connectivity index (χ2v) is 6.04. The highest BCUT2D eigenvalue weighted by Gasteiger charge is 2.28. The van der Waals surface area contributed by atoms with Gasteiger partial charge in [0.05, 0.1) is 12.5 Å². The third-order valence-corrected chi connectivity index (χ3v) is 4.56. The van der Waals surface area contributed by atoms with Crippen molar-refractivity contribution in [2.45, 2.75) is 31.3 Å². The summed E-state index contributed by atoms with van der Waals surface area (Å²) in [5.41, 5.74) is 5.63. The van der Waals surface area contributed by atoms with Gasteiger partial charge in [-0.2, -0.15) is 0 Å². The van der Waals surface area contributed by atoms with Gasteiger partial charge in [0.15, 0.2) is 0 Å². The first-order chi connectivity index (χ1) is 10.2. The molecule has 0 aromatic heterocycles. The Morgan fingerprint density at radius 3 is 2.43 bits per heavy atom. The second-order valence-electron chi connectivity index (χ2n) is 6.04. The van der Waals surface area contributed by atoms with E-state index in [2.05, 4.69) is 35.6 Å². The third-order valence-electron chi connectivity index (χ3n) is 4.56. The zero-order valence-electron chi connectivity index (χ0n) is 11.7. The maximum atomic E-state index is 11.4. The normalized spacial score (nSPS) is 23.4. The lowest BCUT2D eigenvalue weighted by Gasteiger charge is -2.31. The molecule has 1 heterocycles. The molecule has 1 fully saturated rings. The van der Waals surface area contributed by atoms with Crippen molar-refractivity contribution in [1.82, 2.24) is 0 Å². The molecule has 106 valence electrons. The quantitative estimate of drug-likeness (QED) is 0.887. The van der Waals surface area contributed by atoms with E-state index in [1.165, 1.54) is 11.1 Å². The van der Waals surface area contributed by atoms with Crippen molar-refractivity contribution >= 4 is 11.6 Å². The summed E-state index contributed by atoms with van der Waals surface area (Å²) in [6.45, 7) is 0. The van der Waals surface area contributed by atoms with Crippen LogP contribution in [0.2, 0.25) is 0 Å². The van der Waals surface area contributed by atoms with Crippen molar-refractivity contribution in [3.63, 3.8) is 0 Å². The Balaban J connectivity index is 1.59. The number of rotatable bonds is 2. The number of carbonyl (C=O) groups excluding carboxylic acids is 1. The summed E-state index contributed by atoms with van der Waals surface area (Å²) in [5, 5.41) is 12.2. The molecule has 1 aliphatic heterocycles. The summed E-state index contributed by atoms with van der Waals surface area (Å²) in [7, 11) is 0. The van der Waals surface area contributed by atoms with Crippen LogP contribution in [-0.4, -0.2) is 17.1 Å². The van der Waals surface area contributed by atoms with E-state index < -0.39 is 0 Å². The third kappa shape index (κ3) is 2.24. The molecule has 0 radical (unpaired) electrons. The Morgan fingerprint density at radius 1 is 1.00 bits per heavy atom. The van der Waals surface area contributed by atoms with Gasteiger partial charge < -0.3 is 10.4 Å². The molecule has 1 amide bonds. The Labute approximate surface area is 123 Å². The van der Waals surface area contributed by atoms with Crippen molar-refractivity contribution in [3.8, 4) is 11.1 Å².